The second-order valence-corrected chi connectivity index (χ2v) is 8.76. The van der Waals surface area contributed by atoms with E-state index in [2.05, 4.69) is 5.32 Å². The van der Waals surface area contributed by atoms with Gasteiger partial charge in [-0.1, -0.05) is 29.8 Å². The second-order valence-electron chi connectivity index (χ2n) is 8.76. The van der Waals surface area contributed by atoms with Crippen LogP contribution in [0.5, 0.6) is 5.75 Å². The fraction of sp³-hybridized carbons (Fsp3) is 0.360. The Morgan fingerprint density at radius 2 is 1.77 bits per heavy atom. The van der Waals surface area contributed by atoms with Gasteiger partial charge in [0.1, 0.15) is 12.4 Å². The number of hydrogen-bond donors (Lipinski definition) is 2. The number of carboxylic acid groups (broad SMARTS) is 1. The highest BCUT2D eigenvalue weighted by atomic mass is 16.5. The molecule has 1 atom stereocenters. The number of aliphatic carboxylic acids is 1. The number of ether oxygens (including phenoxy) is 2. The van der Waals surface area contributed by atoms with E-state index in [-0.39, 0.29) is 12.5 Å². The lowest BCUT2D eigenvalue weighted by atomic mass is 9.86. The van der Waals surface area contributed by atoms with Crippen molar-refractivity contribution in [3.8, 4) is 16.9 Å². The van der Waals surface area contributed by atoms with Crippen LogP contribution < -0.4 is 10.1 Å². The summed E-state index contributed by atoms with van der Waals surface area (Å²) in [5.74, 6) is -0.845. The number of hydrogen-bond acceptors (Lipinski definition) is 4. The number of carbonyl (C=O) groups is 2. The van der Waals surface area contributed by atoms with Crippen molar-refractivity contribution in [2.45, 2.75) is 53.2 Å². The molecular formula is C25H29NO5. The van der Waals surface area contributed by atoms with Crippen LogP contribution >= 0.6 is 0 Å². The van der Waals surface area contributed by atoms with Crippen molar-refractivity contribution in [3.63, 3.8) is 0 Å². The van der Waals surface area contributed by atoms with Gasteiger partial charge in [0.05, 0.1) is 11.3 Å². The zero-order chi connectivity index (χ0) is 22.9. The number of amides is 1. The van der Waals surface area contributed by atoms with Gasteiger partial charge in [0.15, 0.2) is 6.10 Å². The van der Waals surface area contributed by atoms with Crippen molar-refractivity contribution in [1.29, 1.82) is 0 Å². The van der Waals surface area contributed by atoms with Crippen molar-refractivity contribution < 1.29 is 24.2 Å². The van der Waals surface area contributed by atoms with Crippen molar-refractivity contribution in [2.24, 2.45) is 0 Å². The van der Waals surface area contributed by atoms with Gasteiger partial charge in [0.2, 0.25) is 5.91 Å². The van der Waals surface area contributed by atoms with E-state index in [0.29, 0.717) is 22.6 Å². The molecule has 1 aliphatic heterocycles. The Kier molecular flexibility index (Phi) is 6.23. The largest absolute Gasteiger partial charge is 0.487 e. The van der Waals surface area contributed by atoms with Crippen LogP contribution in [0.1, 0.15) is 49.1 Å². The monoisotopic (exact) mass is 423 g/mol. The predicted molar refractivity (Wildman–Crippen MR) is 121 cm³/mol. The van der Waals surface area contributed by atoms with Crippen molar-refractivity contribution in [1.82, 2.24) is 0 Å². The maximum atomic E-state index is 12.4. The molecule has 31 heavy (non-hydrogen) atoms. The molecule has 6 heteroatoms. The summed E-state index contributed by atoms with van der Waals surface area (Å²) in [6.07, 6.45) is 1.83. The van der Waals surface area contributed by atoms with Crippen LogP contribution in [0, 0.1) is 20.8 Å². The molecular weight excluding hydrogens is 394 g/mol. The third-order valence-electron chi connectivity index (χ3n) is 5.13. The Morgan fingerprint density at radius 3 is 2.35 bits per heavy atom. The quantitative estimate of drug-likeness (QED) is 0.714. The summed E-state index contributed by atoms with van der Waals surface area (Å²) in [7, 11) is 0. The summed E-state index contributed by atoms with van der Waals surface area (Å²) < 4.78 is 12.0. The van der Waals surface area contributed by atoms with E-state index in [1.165, 1.54) is 6.08 Å². The molecule has 0 bridgehead atoms. The van der Waals surface area contributed by atoms with Crippen molar-refractivity contribution in [2.75, 3.05) is 11.9 Å². The molecule has 0 fully saturated rings. The number of anilines is 1. The minimum atomic E-state index is -1.22. The Bertz CT molecular complexity index is 1050. The molecule has 6 nitrogen and oxygen atoms in total. The van der Waals surface area contributed by atoms with Gasteiger partial charge in [-0.25, -0.2) is 4.79 Å². The summed E-state index contributed by atoms with van der Waals surface area (Å²) in [5.41, 5.74) is 4.35. The Hall–Kier alpha value is -3.12. The van der Waals surface area contributed by atoms with E-state index in [9.17, 15) is 14.7 Å². The van der Waals surface area contributed by atoms with Crippen LogP contribution in [0.2, 0.25) is 0 Å². The predicted octanol–water partition coefficient (Wildman–Crippen LogP) is 5.11. The van der Waals surface area contributed by atoms with E-state index in [4.69, 9.17) is 9.47 Å². The lowest BCUT2D eigenvalue weighted by Crippen LogP contribution is -2.29. The number of rotatable bonds is 4. The number of carbonyl (C=O) groups excluding carboxylic acids is 1. The molecule has 0 unspecified atom stereocenters. The van der Waals surface area contributed by atoms with Gasteiger partial charge >= 0.3 is 5.97 Å². The Labute approximate surface area is 182 Å². The SMILES string of the molecule is Cc1ccc(-c2c(C)c3c(c(C)c2[C@H](OC(C)(C)C)C(=O)O)NC(=O)C=CCO3)cc1. The molecule has 1 amide bonds. The van der Waals surface area contributed by atoms with E-state index in [1.807, 2.05) is 58.9 Å². The van der Waals surface area contributed by atoms with E-state index >= 15 is 0 Å². The molecule has 0 aromatic heterocycles. The van der Waals surface area contributed by atoms with Gasteiger partial charge in [-0.3, -0.25) is 4.79 Å². The summed E-state index contributed by atoms with van der Waals surface area (Å²) in [5, 5.41) is 13.0. The molecule has 0 saturated carbocycles. The maximum Gasteiger partial charge on any atom is 0.337 e. The fourth-order valence-corrected chi connectivity index (χ4v) is 3.78. The summed E-state index contributed by atoms with van der Waals surface area (Å²) >= 11 is 0. The molecule has 0 radical (unpaired) electrons. The highest BCUT2D eigenvalue weighted by molar-refractivity contribution is 6.02. The van der Waals surface area contributed by atoms with Crippen LogP contribution in [0.4, 0.5) is 5.69 Å². The molecule has 2 aromatic rings. The molecule has 1 aliphatic rings. The summed E-state index contributed by atoms with van der Waals surface area (Å²) in [6.45, 7) is 11.4. The molecule has 2 N–H and O–H groups in total. The van der Waals surface area contributed by atoms with Crippen LogP contribution in [0.15, 0.2) is 36.4 Å². The van der Waals surface area contributed by atoms with Gasteiger partial charge in [-0.2, -0.15) is 0 Å². The Balaban J connectivity index is 2.38. The lowest BCUT2D eigenvalue weighted by molar-refractivity contribution is -0.160. The highest BCUT2D eigenvalue weighted by Crippen LogP contribution is 2.46. The van der Waals surface area contributed by atoms with Crippen LogP contribution in [-0.2, 0) is 14.3 Å². The van der Waals surface area contributed by atoms with Crippen molar-refractivity contribution in [3.05, 3.63) is 58.7 Å². The molecule has 2 aromatic carbocycles. The molecule has 164 valence electrons. The van der Waals surface area contributed by atoms with Crippen LogP contribution in [0.3, 0.4) is 0 Å². The molecule has 0 spiro atoms. The standard InChI is InChI=1S/C25H29NO5/c1-14-9-11-17(12-10-14)19-16(3)22-21(26-18(27)8-7-13-30-22)15(2)20(19)23(24(28)29)31-25(4,5)6/h7-12,23H,13H2,1-6H3,(H,26,27)(H,28,29)/t23-/m0/s1. The summed E-state index contributed by atoms with van der Waals surface area (Å²) in [4.78, 5) is 24.7. The number of carboxylic acids is 1. The second kappa shape index (κ2) is 8.55. The van der Waals surface area contributed by atoms with Gasteiger partial charge < -0.3 is 19.9 Å². The molecule has 3 rings (SSSR count). The van der Waals surface area contributed by atoms with Crippen LogP contribution in [0.25, 0.3) is 11.1 Å². The zero-order valence-electron chi connectivity index (χ0n) is 18.8. The topological polar surface area (TPSA) is 84.9 Å². The molecule has 1 heterocycles. The van der Waals surface area contributed by atoms with E-state index in [0.717, 1.165) is 22.3 Å². The maximum absolute atomic E-state index is 12.4. The number of aryl methyl sites for hydroxylation is 1. The minimum Gasteiger partial charge on any atom is -0.487 e. The normalized spacial score (nSPS) is 14.7. The first-order valence-electron chi connectivity index (χ1n) is 10.2. The van der Waals surface area contributed by atoms with Gasteiger partial charge in [0.25, 0.3) is 0 Å². The average Bonchev–Trinajstić information content (AvgIpc) is 2.66. The average molecular weight is 424 g/mol. The van der Waals surface area contributed by atoms with Crippen LogP contribution in [-0.4, -0.2) is 29.2 Å². The molecule has 0 saturated heterocycles. The third-order valence-corrected chi connectivity index (χ3v) is 5.13. The molecule has 0 aliphatic carbocycles. The Morgan fingerprint density at radius 1 is 1.13 bits per heavy atom. The third kappa shape index (κ3) is 4.80. The van der Waals surface area contributed by atoms with Crippen molar-refractivity contribution >= 4 is 17.6 Å². The van der Waals surface area contributed by atoms with E-state index in [1.54, 1.807) is 13.0 Å². The minimum absolute atomic E-state index is 0.244. The highest BCUT2D eigenvalue weighted by Gasteiger charge is 2.34. The number of nitrogens with one attached hydrogen (secondary N) is 1. The first kappa shape index (κ1) is 22.6. The van der Waals surface area contributed by atoms with Gasteiger partial charge in [0, 0.05) is 17.2 Å². The smallest absolute Gasteiger partial charge is 0.337 e. The first-order chi connectivity index (χ1) is 14.5. The lowest BCUT2D eigenvalue weighted by Gasteiger charge is -2.31. The first-order valence-corrected chi connectivity index (χ1v) is 10.2. The van der Waals surface area contributed by atoms with Gasteiger partial charge in [-0.05, 0) is 64.3 Å². The zero-order valence-corrected chi connectivity index (χ0v) is 18.8. The number of fused-ring (bicyclic) bond motifs is 1. The summed E-state index contributed by atoms with van der Waals surface area (Å²) in [6, 6.07) is 7.89. The van der Waals surface area contributed by atoms with E-state index < -0.39 is 17.7 Å². The van der Waals surface area contributed by atoms with Gasteiger partial charge in [-0.15, -0.1) is 0 Å². The number of benzene rings is 2. The fourth-order valence-electron chi connectivity index (χ4n) is 3.78.